The third kappa shape index (κ3) is 2.44. The van der Waals surface area contributed by atoms with Gasteiger partial charge in [-0.05, 0) is 36.7 Å². The van der Waals surface area contributed by atoms with Crippen LogP contribution in [0.5, 0.6) is 0 Å². The van der Waals surface area contributed by atoms with Crippen LogP contribution in [0.4, 0.5) is 5.69 Å². The first-order valence-corrected chi connectivity index (χ1v) is 4.88. The minimum atomic E-state index is -0.764. The summed E-state index contributed by atoms with van der Waals surface area (Å²) in [5, 5.41) is 9.02. The number of aliphatic carboxylic acids is 1. The van der Waals surface area contributed by atoms with Gasteiger partial charge < -0.3 is 10.8 Å². The molecule has 0 aromatic heterocycles. The second-order valence-corrected chi connectivity index (χ2v) is 4.00. The third-order valence-electron chi connectivity index (χ3n) is 2.88. The topological polar surface area (TPSA) is 66.6 Å². The molecule has 0 radical (unpaired) electrons. The van der Waals surface area contributed by atoms with Crippen molar-refractivity contribution in [2.45, 2.75) is 19.0 Å². The van der Waals surface area contributed by atoms with Crippen LogP contribution in [0.25, 0.3) is 0 Å². The molecule has 0 saturated heterocycles. The zero-order chi connectivity index (χ0) is 11.0. The van der Waals surface area contributed by atoms with Gasteiger partial charge in [0.05, 0.1) is 0 Å². The van der Waals surface area contributed by atoms with E-state index in [1.54, 1.807) is 0 Å². The first-order valence-electron chi connectivity index (χ1n) is 4.88. The van der Waals surface area contributed by atoms with Crippen molar-refractivity contribution in [1.29, 1.82) is 0 Å². The summed E-state index contributed by atoms with van der Waals surface area (Å²) in [6.07, 6.45) is 0.557. The second-order valence-electron chi connectivity index (χ2n) is 4.00. The molecule has 1 aliphatic rings. The zero-order valence-corrected chi connectivity index (χ0v) is 11.9. The minimum Gasteiger partial charge on any atom is -0.480 e. The van der Waals surface area contributed by atoms with Gasteiger partial charge in [-0.15, -0.1) is 0 Å². The Morgan fingerprint density at radius 1 is 1.50 bits per heavy atom. The number of nitrogens with two attached hydrogens (primary N) is 1. The average molecular weight is 390 g/mol. The fourth-order valence-corrected chi connectivity index (χ4v) is 2.01. The fourth-order valence-electron chi connectivity index (χ4n) is 2.01. The van der Waals surface area contributed by atoms with E-state index in [0.717, 1.165) is 16.8 Å². The van der Waals surface area contributed by atoms with E-state index in [4.69, 9.17) is 10.8 Å². The Morgan fingerprint density at radius 3 is 2.81 bits per heavy atom. The molecular weight excluding hydrogens is 376 g/mol. The van der Waals surface area contributed by atoms with Crippen LogP contribution in [0, 0.1) is 0 Å². The monoisotopic (exact) mass is 390 g/mol. The molecule has 0 spiro atoms. The molecule has 1 atom stereocenters. The zero-order valence-electron chi connectivity index (χ0n) is 9.01. The summed E-state index contributed by atoms with van der Waals surface area (Å²) in [4.78, 5) is 12.8. The van der Waals surface area contributed by atoms with Crippen molar-refractivity contribution >= 4 is 11.7 Å². The van der Waals surface area contributed by atoms with Gasteiger partial charge in [-0.1, -0.05) is 6.07 Å². The van der Waals surface area contributed by atoms with Crippen LogP contribution >= 0.6 is 0 Å². The van der Waals surface area contributed by atoms with Crippen molar-refractivity contribution in [2.75, 3.05) is 12.8 Å². The maximum Gasteiger partial charge on any atom is 0.321 e. The maximum atomic E-state index is 11.0. The minimum absolute atomic E-state index is 0. The Hall–Kier alpha value is -0.862. The van der Waals surface area contributed by atoms with E-state index >= 15 is 0 Å². The number of nitrogens with zero attached hydrogens (tertiary/aromatic N) is 1. The molecule has 1 aromatic carbocycles. The van der Waals surface area contributed by atoms with Crippen molar-refractivity contribution in [3.63, 3.8) is 0 Å². The van der Waals surface area contributed by atoms with Gasteiger partial charge in [-0.3, -0.25) is 9.69 Å². The molecule has 3 N–H and O–H groups in total. The van der Waals surface area contributed by atoms with E-state index in [2.05, 4.69) is 0 Å². The van der Waals surface area contributed by atoms with Gasteiger partial charge in [0.25, 0.3) is 0 Å². The predicted octanol–water partition coefficient (Wildman–Crippen LogP) is 0.707. The van der Waals surface area contributed by atoms with Crippen LogP contribution in [-0.4, -0.2) is 29.1 Å². The molecule has 0 saturated carbocycles. The van der Waals surface area contributed by atoms with Crippen molar-refractivity contribution < 1.29 is 31.0 Å². The molecule has 0 bridgehead atoms. The number of likely N-dealkylation sites (N-methyl/N-ethyl adjacent to an activating group) is 1. The van der Waals surface area contributed by atoms with E-state index in [1.807, 2.05) is 30.1 Å². The van der Waals surface area contributed by atoms with E-state index in [0.29, 0.717) is 13.0 Å². The summed E-state index contributed by atoms with van der Waals surface area (Å²) in [5.41, 5.74) is 8.65. The van der Waals surface area contributed by atoms with Crippen LogP contribution in [0.3, 0.4) is 0 Å². The first-order chi connectivity index (χ1) is 7.08. The largest absolute Gasteiger partial charge is 0.480 e. The summed E-state index contributed by atoms with van der Waals surface area (Å²) in [7, 11) is 1.82. The van der Waals surface area contributed by atoms with Crippen LogP contribution in [0.15, 0.2) is 18.2 Å². The van der Waals surface area contributed by atoms with Crippen LogP contribution in [0.2, 0.25) is 0 Å². The molecule has 4 nitrogen and oxygen atoms in total. The molecular formula is C11H14N2O2W. The summed E-state index contributed by atoms with van der Waals surface area (Å²) in [6, 6.07) is 5.25. The number of rotatable bonds is 1. The number of benzene rings is 1. The van der Waals surface area contributed by atoms with Crippen molar-refractivity contribution in [1.82, 2.24) is 4.90 Å². The molecule has 5 heteroatoms. The van der Waals surface area contributed by atoms with E-state index in [1.165, 1.54) is 0 Å². The molecule has 1 heterocycles. The van der Waals surface area contributed by atoms with Crippen LogP contribution < -0.4 is 5.73 Å². The van der Waals surface area contributed by atoms with Gasteiger partial charge >= 0.3 is 5.97 Å². The predicted molar refractivity (Wildman–Crippen MR) is 57.4 cm³/mol. The smallest absolute Gasteiger partial charge is 0.321 e. The normalized spacial score (nSPS) is 19.7. The number of hydrogen-bond acceptors (Lipinski definition) is 3. The number of hydrogen-bond donors (Lipinski definition) is 2. The number of fused-ring (bicyclic) bond motifs is 1. The summed E-state index contributed by atoms with van der Waals surface area (Å²) >= 11 is 0. The quantitative estimate of drug-likeness (QED) is 0.694. The van der Waals surface area contributed by atoms with Gasteiger partial charge in [-0.25, -0.2) is 0 Å². The molecule has 0 fully saturated rings. The molecule has 0 amide bonds. The molecule has 0 aliphatic carbocycles. The molecule has 2 rings (SSSR count). The molecule has 1 aliphatic heterocycles. The summed E-state index contributed by atoms with van der Waals surface area (Å²) < 4.78 is 0. The number of carbonyl (C=O) groups is 1. The van der Waals surface area contributed by atoms with Gasteiger partial charge in [-0.2, -0.15) is 0 Å². The van der Waals surface area contributed by atoms with Gasteiger partial charge in [0, 0.05) is 33.3 Å². The molecule has 16 heavy (non-hydrogen) atoms. The SMILES string of the molecule is CN1Cc2cc(N)ccc2CC1C(=O)O.[W]. The Labute approximate surface area is 109 Å². The average Bonchev–Trinajstić information content (AvgIpc) is 2.15. The Kier molecular flexibility index (Phi) is 4.11. The van der Waals surface area contributed by atoms with E-state index in [-0.39, 0.29) is 21.1 Å². The van der Waals surface area contributed by atoms with Crippen molar-refractivity contribution in [3.05, 3.63) is 29.3 Å². The second kappa shape index (κ2) is 4.98. The molecule has 86 valence electrons. The number of nitrogen functional groups attached to an aromatic ring is 1. The third-order valence-corrected chi connectivity index (χ3v) is 2.88. The van der Waals surface area contributed by atoms with E-state index < -0.39 is 12.0 Å². The number of carboxylic acid groups (broad SMARTS) is 1. The number of carboxylic acids is 1. The van der Waals surface area contributed by atoms with E-state index in [9.17, 15) is 4.79 Å². The summed E-state index contributed by atoms with van der Waals surface area (Å²) in [5.74, 6) is -0.764. The molecule has 1 unspecified atom stereocenters. The molecule has 1 aromatic rings. The Bertz CT molecular complexity index is 409. The van der Waals surface area contributed by atoms with Crippen LogP contribution in [-0.2, 0) is 38.8 Å². The Morgan fingerprint density at radius 2 is 2.19 bits per heavy atom. The number of anilines is 1. The van der Waals surface area contributed by atoms with Crippen molar-refractivity contribution in [2.24, 2.45) is 0 Å². The van der Waals surface area contributed by atoms with Gasteiger partial charge in [0.1, 0.15) is 6.04 Å². The Balaban J connectivity index is 0.00000128. The maximum absolute atomic E-state index is 11.0. The van der Waals surface area contributed by atoms with Gasteiger partial charge in [0.15, 0.2) is 0 Å². The first kappa shape index (κ1) is 13.2. The fraction of sp³-hybridized carbons (Fsp3) is 0.364. The summed E-state index contributed by atoms with van der Waals surface area (Å²) in [6.45, 7) is 0.650. The van der Waals surface area contributed by atoms with Crippen molar-refractivity contribution in [3.8, 4) is 0 Å². The van der Waals surface area contributed by atoms with Gasteiger partial charge in [0.2, 0.25) is 0 Å². The van der Waals surface area contributed by atoms with Crippen LogP contribution in [0.1, 0.15) is 11.1 Å². The standard InChI is InChI=1S/C11H14N2O2.W/c1-13-6-8-4-9(12)3-2-7(8)5-10(13)11(14)15;/h2-4,10H,5-6,12H2,1H3,(H,14,15);.